The summed E-state index contributed by atoms with van der Waals surface area (Å²) in [5.41, 5.74) is 3.72. The lowest BCUT2D eigenvalue weighted by Gasteiger charge is -2.17. The molecule has 0 atom stereocenters. The van der Waals surface area contributed by atoms with Crippen molar-refractivity contribution in [1.29, 1.82) is 0 Å². The number of benzene rings is 2. The minimum atomic E-state index is -0.148. The summed E-state index contributed by atoms with van der Waals surface area (Å²) in [7, 11) is 0. The Morgan fingerprint density at radius 3 is 2.76 bits per heavy atom. The van der Waals surface area contributed by atoms with Gasteiger partial charge in [0, 0.05) is 22.9 Å². The lowest BCUT2D eigenvalue weighted by Crippen LogP contribution is -2.20. The number of para-hydroxylation sites is 1. The maximum Gasteiger partial charge on any atom is 0.284 e. The van der Waals surface area contributed by atoms with E-state index in [4.69, 9.17) is 16.6 Å². The minimum absolute atomic E-state index is 0.144. The van der Waals surface area contributed by atoms with Gasteiger partial charge in [-0.3, -0.25) is 9.59 Å². The minimum Gasteiger partial charge on any atom is -0.325 e. The first-order valence-corrected chi connectivity index (χ1v) is 12.6. The van der Waals surface area contributed by atoms with Gasteiger partial charge in [-0.2, -0.15) is 4.68 Å². The van der Waals surface area contributed by atoms with Crippen LogP contribution in [0.4, 0.5) is 5.69 Å². The van der Waals surface area contributed by atoms with Gasteiger partial charge in [0.2, 0.25) is 5.91 Å². The van der Waals surface area contributed by atoms with Crippen molar-refractivity contribution in [3.8, 4) is 17.1 Å². The lowest BCUT2D eigenvalue weighted by molar-refractivity contribution is -0.113. The number of carbonyl (C=O) groups excluding carboxylic acids is 1. The summed E-state index contributed by atoms with van der Waals surface area (Å²) in [4.78, 5) is 30.7. The van der Waals surface area contributed by atoms with Crippen LogP contribution >= 0.6 is 23.4 Å². The SMILES string of the molecule is Cc1ccc(NC(=O)CSc2nc3nn(-c4ccccc4)c(=O)c-3c3n2CCCCC3)cc1Cl. The number of nitrogens with one attached hydrogen (secondary N) is 1. The van der Waals surface area contributed by atoms with Crippen LogP contribution in [0, 0.1) is 6.92 Å². The number of hydrogen-bond donors (Lipinski definition) is 1. The Morgan fingerprint density at radius 1 is 1.15 bits per heavy atom. The Labute approximate surface area is 206 Å². The molecule has 3 heterocycles. The predicted molar refractivity (Wildman–Crippen MR) is 135 cm³/mol. The van der Waals surface area contributed by atoms with Gasteiger partial charge in [-0.15, -0.1) is 5.10 Å². The Hall–Kier alpha value is -3.10. The number of nitrogens with zero attached hydrogens (tertiary/aromatic N) is 4. The summed E-state index contributed by atoms with van der Waals surface area (Å²) in [5, 5.41) is 8.76. The number of amides is 1. The van der Waals surface area contributed by atoms with Crippen LogP contribution in [0.3, 0.4) is 0 Å². The van der Waals surface area contributed by atoms with Crippen LogP contribution in [0.2, 0.25) is 5.02 Å². The zero-order valence-corrected chi connectivity index (χ0v) is 20.3. The first kappa shape index (κ1) is 22.7. The van der Waals surface area contributed by atoms with Crippen LogP contribution in [-0.4, -0.2) is 31.0 Å². The maximum atomic E-state index is 13.3. The summed E-state index contributed by atoms with van der Waals surface area (Å²) in [6.45, 7) is 2.69. The fourth-order valence-electron chi connectivity index (χ4n) is 4.21. The molecule has 9 heteroatoms. The van der Waals surface area contributed by atoms with E-state index >= 15 is 0 Å². The quantitative estimate of drug-likeness (QED) is 0.314. The number of thioether (sulfide) groups is 1. The van der Waals surface area contributed by atoms with Gasteiger partial charge in [0.1, 0.15) is 5.56 Å². The van der Waals surface area contributed by atoms with E-state index in [9.17, 15) is 9.59 Å². The lowest BCUT2D eigenvalue weighted by atomic mass is 10.1. The Kier molecular flexibility index (Phi) is 6.43. The molecular formula is C25H24ClN5O2S. The predicted octanol–water partition coefficient (Wildman–Crippen LogP) is 4.95. The van der Waals surface area contributed by atoms with Crippen molar-refractivity contribution in [2.75, 3.05) is 11.1 Å². The standard InChI is InChI=1S/C25H24ClN5O2S/c1-16-11-12-17(14-19(16)26)27-21(32)15-34-25-28-23-22(20-10-6-3-7-13-30(20)25)24(33)31(29-23)18-8-4-2-5-9-18/h2,4-5,8-9,11-12,14H,3,6-7,10,13,15H2,1H3,(H,27,32). The van der Waals surface area contributed by atoms with Crippen molar-refractivity contribution >= 4 is 35.0 Å². The monoisotopic (exact) mass is 493 g/mol. The summed E-state index contributed by atoms with van der Waals surface area (Å²) in [5.74, 6) is 0.469. The fourth-order valence-corrected chi connectivity index (χ4v) is 5.23. The molecule has 0 fully saturated rings. The van der Waals surface area contributed by atoms with Crippen LogP contribution in [0.25, 0.3) is 17.1 Å². The summed E-state index contributed by atoms with van der Waals surface area (Å²) in [6.07, 6.45) is 3.89. The van der Waals surface area contributed by atoms with Crippen molar-refractivity contribution in [2.45, 2.75) is 44.3 Å². The topological polar surface area (TPSA) is 81.8 Å². The van der Waals surface area contributed by atoms with Crippen molar-refractivity contribution in [2.24, 2.45) is 0 Å². The Morgan fingerprint density at radius 2 is 1.97 bits per heavy atom. The van der Waals surface area contributed by atoms with Gasteiger partial charge < -0.3 is 9.88 Å². The second-order valence-electron chi connectivity index (χ2n) is 8.36. The number of hydrogen-bond acceptors (Lipinski definition) is 5. The molecule has 0 saturated carbocycles. The van der Waals surface area contributed by atoms with E-state index in [1.165, 1.54) is 16.4 Å². The summed E-state index contributed by atoms with van der Waals surface area (Å²) in [6, 6.07) is 14.8. The maximum absolute atomic E-state index is 13.3. The molecule has 1 amide bonds. The van der Waals surface area contributed by atoms with Crippen molar-refractivity contribution < 1.29 is 4.79 Å². The molecule has 0 radical (unpaired) electrons. The van der Waals surface area contributed by atoms with Crippen LogP contribution in [-0.2, 0) is 17.8 Å². The van der Waals surface area contributed by atoms with Gasteiger partial charge in [0.25, 0.3) is 5.56 Å². The molecule has 5 rings (SSSR count). The number of aromatic nitrogens is 4. The van der Waals surface area contributed by atoms with E-state index in [0.29, 0.717) is 32.9 Å². The highest BCUT2D eigenvalue weighted by atomic mass is 35.5. The number of carbonyl (C=O) groups is 1. The molecule has 7 nitrogen and oxygen atoms in total. The Balaban J connectivity index is 1.46. The number of anilines is 1. The van der Waals surface area contributed by atoms with Gasteiger partial charge in [0.15, 0.2) is 11.0 Å². The van der Waals surface area contributed by atoms with E-state index in [-0.39, 0.29) is 17.2 Å². The van der Waals surface area contributed by atoms with E-state index in [1.54, 1.807) is 6.07 Å². The number of fused-ring (bicyclic) bond motifs is 3. The number of aryl methyl sites for hydroxylation is 1. The molecular weight excluding hydrogens is 470 g/mol. The molecule has 0 spiro atoms. The van der Waals surface area contributed by atoms with E-state index in [0.717, 1.165) is 43.5 Å². The molecule has 2 aromatic rings. The third-order valence-electron chi connectivity index (χ3n) is 5.96. The first-order valence-electron chi connectivity index (χ1n) is 11.3. The third kappa shape index (κ3) is 4.48. The van der Waals surface area contributed by atoms with Crippen LogP contribution < -0.4 is 10.9 Å². The molecule has 0 bridgehead atoms. The zero-order chi connectivity index (χ0) is 23.7. The van der Waals surface area contributed by atoms with Gasteiger partial charge in [-0.1, -0.05) is 54.0 Å². The summed E-state index contributed by atoms with van der Waals surface area (Å²) < 4.78 is 3.53. The largest absolute Gasteiger partial charge is 0.325 e. The molecule has 0 unspecified atom stereocenters. The molecule has 3 aliphatic heterocycles. The zero-order valence-electron chi connectivity index (χ0n) is 18.8. The van der Waals surface area contributed by atoms with Gasteiger partial charge in [-0.25, -0.2) is 4.98 Å². The van der Waals surface area contributed by atoms with Gasteiger partial charge in [-0.05, 0) is 56.0 Å². The van der Waals surface area contributed by atoms with Crippen LogP contribution in [0.5, 0.6) is 0 Å². The van der Waals surface area contributed by atoms with Crippen molar-refractivity contribution in [1.82, 2.24) is 19.3 Å². The number of halogens is 1. The average Bonchev–Trinajstić information content (AvgIpc) is 3.00. The van der Waals surface area contributed by atoms with E-state index in [1.807, 2.05) is 49.4 Å². The molecule has 2 aromatic carbocycles. The third-order valence-corrected chi connectivity index (χ3v) is 7.34. The summed E-state index contributed by atoms with van der Waals surface area (Å²) >= 11 is 7.54. The molecule has 34 heavy (non-hydrogen) atoms. The average molecular weight is 494 g/mol. The van der Waals surface area contributed by atoms with Gasteiger partial charge in [0.05, 0.1) is 11.4 Å². The Bertz CT molecular complexity index is 1380. The first-order chi connectivity index (χ1) is 16.5. The van der Waals surface area contributed by atoms with E-state index in [2.05, 4.69) is 15.0 Å². The molecule has 0 aromatic heterocycles. The fraction of sp³-hybridized carbons (Fsp3) is 0.280. The second kappa shape index (κ2) is 9.64. The molecule has 0 saturated heterocycles. The smallest absolute Gasteiger partial charge is 0.284 e. The van der Waals surface area contributed by atoms with Crippen molar-refractivity contribution in [3.05, 3.63) is 75.2 Å². The number of rotatable bonds is 5. The van der Waals surface area contributed by atoms with Crippen LogP contribution in [0.1, 0.15) is 30.5 Å². The highest BCUT2D eigenvalue weighted by Gasteiger charge is 2.27. The highest BCUT2D eigenvalue weighted by Crippen LogP contribution is 2.30. The van der Waals surface area contributed by atoms with Crippen molar-refractivity contribution in [3.63, 3.8) is 0 Å². The van der Waals surface area contributed by atoms with E-state index < -0.39 is 0 Å². The second-order valence-corrected chi connectivity index (χ2v) is 9.70. The van der Waals surface area contributed by atoms with Crippen LogP contribution in [0.15, 0.2) is 58.5 Å². The molecule has 0 aliphatic carbocycles. The highest BCUT2D eigenvalue weighted by molar-refractivity contribution is 7.99. The normalized spacial score (nSPS) is 13.5. The molecule has 174 valence electrons. The van der Waals surface area contributed by atoms with Gasteiger partial charge >= 0.3 is 0 Å². The molecule has 1 N–H and O–H groups in total. The molecule has 3 aliphatic rings.